The molecule has 3 aromatic carbocycles. The highest BCUT2D eigenvalue weighted by molar-refractivity contribution is 5.91. The van der Waals surface area contributed by atoms with Gasteiger partial charge in [0.2, 0.25) is 0 Å². The maximum absolute atomic E-state index is 12.4. The summed E-state index contributed by atoms with van der Waals surface area (Å²) < 4.78 is 10.9. The molecule has 1 aromatic heterocycles. The first kappa shape index (κ1) is 20.1. The smallest absolute Gasteiger partial charge is 0.337 e. The zero-order valence-electron chi connectivity index (χ0n) is 17.1. The topological polar surface area (TPSA) is 81.3 Å². The molecule has 0 unspecified atom stereocenters. The van der Waals surface area contributed by atoms with Gasteiger partial charge in [-0.3, -0.25) is 4.79 Å². The van der Waals surface area contributed by atoms with Crippen LogP contribution in [0.2, 0.25) is 0 Å². The first-order chi connectivity index (χ1) is 15.1. The molecule has 6 nitrogen and oxygen atoms in total. The fourth-order valence-electron chi connectivity index (χ4n) is 3.34. The number of H-pyrrole nitrogens is 1. The third kappa shape index (κ3) is 4.09. The van der Waals surface area contributed by atoms with Crippen molar-refractivity contribution in [1.29, 1.82) is 0 Å². The van der Waals surface area contributed by atoms with E-state index in [-0.39, 0.29) is 5.56 Å². The summed E-state index contributed by atoms with van der Waals surface area (Å²) in [5, 5.41) is 6.92. The summed E-state index contributed by atoms with van der Waals surface area (Å²) in [5.74, 6) is 0.884. The van der Waals surface area contributed by atoms with E-state index in [9.17, 15) is 9.59 Å². The van der Waals surface area contributed by atoms with Gasteiger partial charge in [0, 0.05) is 16.7 Å². The highest BCUT2D eigenvalue weighted by Gasteiger charge is 2.19. The van der Waals surface area contributed by atoms with Crippen LogP contribution in [0.25, 0.3) is 22.4 Å². The summed E-state index contributed by atoms with van der Waals surface area (Å²) >= 11 is 0. The molecule has 0 saturated heterocycles. The maximum Gasteiger partial charge on any atom is 0.337 e. The van der Waals surface area contributed by atoms with Crippen molar-refractivity contribution in [2.75, 3.05) is 7.11 Å². The minimum Gasteiger partial charge on any atom is -0.465 e. The lowest BCUT2D eigenvalue weighted by molar-refractivity contribution is 0.0601. The molecule has 4 aromatic rings. The molecule has 1 N–H and O–H groups in total. The molecule has 0 radical (unpaired) electrons. The Hall–Kier alpha value is -4.19. The van der Waals surface area contributed by atoms with E-state index >= 15 is 0 Å². The molecule has 0 atom stereocenters. The van der Waals surface area contributed by atoms with Crippen molar-refractivity contribution in [2.24, 2.45) is 0 Å². The number of nitrogens with zero attached hydrogens (tertiary/aromatic N) is 1. The second kappa shape index (κ2) is 8.67. The zero-order chi connectivity index (χ0) is 21.8. The van der Waals surface area contributed by atoms with E-state index in [2.05, 4.69) is 10.2 Å². The Morgan fingerprint density at radius 2 is 1.58 bits per heavy atom. The van der Waals surface area contributed by atoms with Crippen LogP contribution in [0.15, 0.2) is 83.7 Å². The van der Waals surface area contributed by atoms with Gasteiger partial charge in [-0.25, -0.2) is 9.89 Å². The first-order valence-corrected chi connectivity index (χ1v) is 9.69. The van der Waals surface area contributed by atoms with E-state index in [1.807, 2.05) is 54.6 Å². The van der Waals surface area contributed by atoms with Crippen molar-refractivity contribution < 1.29 is 14.3 Å². The third-order valence-corrected chi connectivity index (χ3v) is 4.93. The Kier molecular flexibility index (Phi) is 5.62. The van der Waals surface area contributed by atoms with Gasteiger partial charge in [0.05, 0.1) is 12.7 Å². The summed E-state index contributed by atoms with van der Waals surface area (Å²) in [5.41, 5.74) is 3.41. The number of benzene rings is 3. The van der Waals surface area contributed by atoms with Gasteiger partial charge in [-0.05, 0) is 48.9 Å². The first-order valence-electron chi connectivity index (χ1n) is 9.69. The van der Waals surface area contributed by atoms with Crippen molar-refractivity contribution in [2.45, 2.75) is 6.92 Å². The van der Waals surface area contributed by atoms with Gasteiger partial charge in [-0.1, -0.05) is 42.5 Å². The number of nitrogens with one attached hydrogen (secondary N) is 1. The average Bonchev–Trinajstić information content (AvgIpc) is 2.81. The minimum absolute atomic E-state index is 0.280. The van der Waals surface area contributed by atoms with Crippen LogP contribution >= 0.6 is 0 Å². The van der Waals surface area contributed by atoms with E-state index in [1.165, 1.54) is 7.11 Å². The van der Waals surface area contributed by atoms with Crippen molar-refractivity contribution >= 4 is 5.97 Å². The van der Waals surface area contributed by atoms with Gasteiger partial charge >= 0.3 is 5.97 Å². The highest BCUT2D eigenvalue weighted by atomic mass is 16.5. The summed E-state index contributed by atoms with van der Waals surface area (Å²) in [6.45, 7) is 1.74. The summed E-state index contributed by atoms with van der Waals surface area (Å²) in [6, 6.07) is 23.9. The van der Waals surface area contributed by atoms with Crippen molar-refractivity contribution in [3.63, 3.8) is 0 Å². The second-order valence-electron chi connectivity index (χ2n) is 6.88. The van der Waals surface area contributed by atoms with E-state index in [4.69, 9.17) is 9.47 Å². The van der Waals surface area contributed by atoms with Crippen LogP contribution in [0.3, 0.4) is 0 Å². The Balaban J connectivity index is 1.85. The number of hydrogen-bond acceptors (Lipinski definition) is 5. The molecular formula is C25H20N2O4. The molecule has 0 aliphatic carbocycles. The lowest BCUT2D eigenvalue weighted by Crippen LogP contribution is -2.14. The predicted molar refractivity (Wildman–Crippen MR) is 118 cm³/mol. The summed E-state index contributed by atoms with van der Waals surface area (Å²) in [7, 11) is 1.34. The number of para-hydroxylation sites is 2. The van der Waals surface area contributed by atoms with Crippen LogP contribution < -0.4 is 10.3 Å². The molecule has 0 amide bonds. The molecule has 0 aliphatic rings. The molecule has 0 spiro atoms. The van der Waals surface area contributed by atoms with Gasteiger partial charge in [-0.15, -0.1) is 0 Å². The van der Waals surface area contributed by atoms with E-state index < -0.39 is 5.97 Å². The number of hydrogen-bond donors (Lipinski definition) is 1. The largest absolute Gasteiger partial charge is 0.465 e. The second-order valence-corrected chi connectivity index (χ2v) is 6.88. The fourth-order valence-corrected chi connectivity index (χ4v) is 3.34. The van der Waals surface area contributed by atoms with Gasteiger partial charge in [0.15, 0.2) is 0 Å². The average molecular weight is 412 g/mol. The molecule has 4 rings (SSSR count). The zero-order valence-corrected chi connectivity index (χ0v) is 17.1. The van der Waals surface area contributed by atoms with Gasteiger partial charge < -0.3 is 9.47 Å². The number of esters is 1. The standard InChI is InChI=1S/C25H20N2O4/c1-16-22(17-12-14-18(15-13-17)25(29)30-2)23(26-27-24(16)28)20-10-6-7-11-21(20)31-19-8-4-3-5-9-19/h3-15H,1-2H3,(H,27,28). The summed E-state index contributed by atoms with van der Waals surface area (Å²) in [6.07, 6.45) is 0. The predicted octanol–water partition coefficient (Wildman–Crippen LogP) is 4.99. The lowest BCUT2D eigenvalue weighted by Gasteiger charge is -2.15. The lowest BCUT2D eigenvalue weighted by atomic mass is 9.95. The van der Waals surface area contributed by atoms with Crippen molar-refractivity contribution in [1.82, 2.24) is 10.2 Å². The van der Waals surface area contributed by atoms with Crippen LogP contribution in [-0.4, -0.2) is 23.3 Å². The van der Waals surface area contributed by atoms with Crippen LogP contribution in [0.4, 0.5) is 0 Å². The van der Waals surface area contributed by atoms with Crippen LogP contribution in [0.5, 0.6) is 11.5 Å². The SMILES string of the molecule is COC(=O)c1ccc(-c2c(-c3ccccc3Oc3ccccc3)n[nH]c(=O)c2C)cc1. The highest BCUT2D eigenvalue weighted by Crippen LogP contribution is 2.38. The van der Waals surface area contributed by atoms with Crippen molar-refractivity contribution in [3.05, 3.63) is 100 Å². The van der Waals surface area contributed by atoms with Gasteiger partial charge in [-0.2, -0.15) is 5.10 Å². The molecular weight excluding hydrogens is 392 g/mol. The number of aromatic amines is 1. The van der Waals surface area contributed by atoms with E-state index in [0.717, 1.165) is 11.1 Å². The molecule has 6 heteroatoms. The minimum atomic E-state index is -0.422. The molecule has 1 heterocycles. The quantitative estimate of drug-likeness (QED) is 0.467. The van der Waals surface area contributed by atoms with Crippen LogP contribution in [0.1, 0.15) is 15.9 Å². The fraction of sp³-hybridized carbons (Fsp3) is 0.0800. The summed E-state index contributed by atoms with van der Waals surface area (Å²) in [4.78, 5) is 24.2. The number of ether oxygens (including phenoxy) is 2. The monoisotopic (exact) mass is 412 g/mol. The Labute approximate surface area is 179 Å². The number of methoxy groups -OCH3 is 1. The normalized spacial score (nSPS) is 10.5. The van der Waals surface area contributed by atoms with E-state index in [1.54, 1.807) is 31.2 Å². The third-order valence-electron chi connectivity index (χ3n) is 4.93. The van der Waals surface area contributed by atoms with Crippen molar-refractivity contribution in [3.8, 4) is 33.9 Å². The van der Waals surface area contributed by atoms with Crippen LogP contribution in [-0.2, 0) is 4.74 Å². The number of aromatic nitrogens is 2. The molecule has 0 saturated carbocycles. The number of carbonyl (C=O) groups excluding carboxylic acids is 1. The van der Waals surface area contributed by atoms with Crippen LogP contribution in [0, 0.1) is 6.92 Å². The number of rotatable bonds is 5. The van der Waals surface area contributed by atoms with Gasteiger partial charge in [0.25, 0.3) is 5.56 Å². The Morgan fingerprint density at radius 3 is 2.29 bits per heavy atom. The van der Waals surface area contributed by atoms with Gasteiger partial charge in [0.1, 0.15) is 17.2 Å². The Bertz CT molecular complexity index is 1280. The maximum atomic E-state index is 12.4. The van der Waals surface area contributed by atoms with E-state index in [0.29, 0.717) is 33.9 Å². The molecule has 0 bridgehead atoms. The molecule has 31 heavy (non-hydrogen) atoms. The number of carbonyl (C=O) groups is 1. The molecule has 154 valence electrons. The molecule has 0 aliphatic heterocycles. The molecule has 0 fully saturated rings. The Morgan fingerprint density at radius 1 is 0.903 bits per heavy atom.